The first-order valence-electron chi connectivity index (χ1n) is 8.99. The van der Waals surface area contributed by atoms with E-state index in [1.165, 1.54) is 5.56 Å². The molecule has 1 heterocycles. The molecule has 4 nitrogen and oxygen atoms in total. The van der Waals surface area contributed by atoms with Crippen molar-refractivity contribution < 1.29 is 9.53 Å². The second-order valence-corrected chi connectivity index (χ2v) is 6.70. The van der Waals surface area contributed by atoms with E-state index < -0.39 is 0 Å². The lowest BCUT2D eigenvalue weighted by Gasteiger charge is -2.38. The van der Waals surface area contributed by atoms with Gasteiger partial charge < -0.3 is 15.4 Å². The molecule has 1 aliphatic heterocycles. The zero-order chi connectivity index (χ0) is 17.4. The van der Waals surface area contributed by atoms with Crippen LogP contribution in [0.25, 0.3) is 0 Å². The standard InChI is InChI=1S/C21H26N2O2/c24-20(25-17-19-9-5-2-6-10-19)23-21(13-15-22-16-14-21)12-11-18-7-3-1-4-8-18/h1-10,22H,11-17H2,(H,23,24). The zero-order valence-corrected chi connectivity index (χ0v) is 14.5. The molecule has 1 fully saturated rings. The van der Waals surface area contributed by atoms with E-state index in [0.717, 1.165) is 44.3 Å². The van der Waals surface area contributed by atoms with Crippen LogP contribution >= 0.6 is 0 Å². The summed E-state index contributed by atoms with van der Waals surface area (Å²) in [5.74, 6) is 0. The summed E-state index contributed by atoms with van der Waals surface area (Å²) < 4.78 is 5.44. The number of amides is 1. The number of alkyl carbamates (subject to hydrolysis) is 1. The number of carbonyl (C=O) groups is 1. The average Bonchev–Trinajstić information content (AvgIpc) is 2.67. The first-order valence-corrected chi connectivity index (χ1v) is 8.99. The van der Waals surface area contributed by atoms with Gasteiger partial charge in [0, 0.05) is 5.54 Å². The van der Waals surface area contributed by atoms with Crippen LogP contribution in [-0.2, 0) is 17.8 Å². The van der Waals surface area contributed by atoms with Gasteiger partial charge in [0.15, 0.2) is 0 Å². The number of carbonyl (C=O) groups excluding carboxylic acids is 1. The van der Waals surface area contributed by atoms with E-state index in [1.54, 1.807) is 0 Å². The molecule has 3 rings (SSSR count). The molecule has 1 amide bonds. The highest BCUT2D eigenvalue weighted by atomic mass is 16.5. The van der Waals surface area contributed by atoms with E-state index >= 15 is 0 Å². The van der Waals surface area contributed by atoms with Crippen LogP contribution in [0, 0.1) is 0 Å². The summed E-state index contributed by atoms with van der Waals surface area (Å²) in [6, 6.07) is 20.2. The molecule has 4 heteroatoms. The van der Waals surface area contributed by atoms with Crippen LogP contribution in [0.1, 0.15) is 30.4 Å². The van der Waals surface area contributed by atoms with Gasteiger partial charge in [-0.2, -0.15) is 0 Å². The van der Waals surface area contributed by atoms with Crippen molar-refractivity contribution in [3.63, 3.8) is 0 Å². The summed E-state index contributed by atoms with van der Waals surface area (Å²) in [7, 11) is 0. The van der Waals surface area contributed by atoms with E-state index in [-0.39, 0.29) is 11.6 Å². The SMILES string of the molecule is O=C(NC1(CCc2ccccc2)CCNCC1)OCc1ccccc1. The monoisotopic (exact) mass is 338 g/mol. The topological polar surface area (TPSA) is 50.4 Å². The largest absolute Gasteiger partial charge is 0.445 e. The van der Waals surface area contributed by atoms with Crippen molar-refractivity contribution in [3.8, 4) is 0 Å². The smallest absolute Gasteiger partial charge is 0.407 e. The van der Waals surface area contributed by atoms with Gasteiger partial charge in [-0.15, -0.1) is 0 Å². The van der Waals surface area contributed by atoms with Gasteiger partial charge in [-0.1, -0.05) is 60.7 Å². The molecular formula is C21H26N2O2. The Kier molecular flexibility index (Phi) is 6.07. The highest BCUT2D eigenvalue weighted by Gasteiger charge is 2.33. The number of benzene rings is 2. The number of piperidine rings is 1. The first kappa shape index (κ1) is 17.5. The fraction of sp³-hybridized carbons (Fsp3) is 0.381. The lowest BCUT2D eigenvalue weighted by molar-refractivity contribution is 0.117. The number of rotatable bonds is 6. The maximum Gasteiger partial charge on any atom is 0.407 e. The van der Waals surface area contributed by atoms with Gasteiger partial charge in [-0.3, -0.25) is 0 Å². The van der Waals surface area contributed by atoms with E-state index in [1.807, 2.05) is 36.4 Å². The average molecular weight is 338 g/mol. The lowest BCUT2D eigenvalue weighted by atomic mass is 9.83. The molecule has 0 bridgehead atoms. The normalized spacial score (nSPS) is 16.2. The predicted octanol–water partition coefficient (Wildman–Crippen LogP) is 3.67. The summed E-state index contributed by atoms with van der Waals surface area (Å²) in [5.41, 5.74) is 2.12. The van der Waals surface area contributed by atoms with Gasteiger partial charge in [0.05, 0.1) is 0 Å². The second-order valence-electron chi connectivity index (χ2n) is 6.70. The van der Waals surface area contributed by atoms with Gasteiger partial charge in [0.2, 0.25) is 0 Å². The van der Waals surface area contributed by atoms with E-state index in [9.17, 15) is 4.79 Å². The Balaban J connectivity index is 1.56. The molecule has 0 atom stereocenters. The number of hydrogen-bond donors (Lipinski definition) is 2. The van der Waals surface area contributed by atoms with Crippen molar-refractivity contribution in [1.29, 1.82) is 0 Å². The number of ether oxygens (including phenoxy) is 1. The summed E-state index contributed by atoms with van der Waals surface area (Å²) >= 11 is 0. The van der Waals surface area contributed by atoms with Gasteiger partial charge in [0.25, 0.3) is 0 Å². The molecule has 0 unspecified atom stereocenters. The minimum Gasteiger partial charge on any atom is -0.445 e. The summed E-state index contributed by atoms with van der Waals surface area (Å²) in [5, 5.41) is 6.55. The molecule has 2 N–H and O–H groups in total. The highest BCUT2D eigenvalue weighted by Crippen LogP contribution is 2.25. The van der Waals surface area contributed by atoms with Gasteiger partial charge in [-0.25, -0.2) is 4.79 Å². The van der Waals surface area contributed by atoms with Crippen LogP contribution in [0.15, 0.2) is 60.7 Å². The molecule has 0 spiro atoms. The van der Waals surface area contributed by atoms with Crippen molar-refractivity contribution in [2.75, 3.05) is 13.1 Å². The van der Waals surface area contributed by atoms with Crippen LogP contribution in [0.3, 0.4) is 0 Å². The van der Waals surface area contributed by atoms with Crippen molar-refractivity contribution in [2.24, 2.45) is 0 Å². The Morgan fingerprint density at radius 1 is 0.960 bits per heavy atom. The van der Waals surface area contributed by atoms with Crippen LogP contribution in [-0.4, -0.2) is 24.7 Å². The third kappa shape index (κ3) is 5.33. The van der Waals surface area contributed by atoms with Crippen molar-refractivity contribution in [2.45, 2.75) is 37.8 Å². The fourth-order valence-electron chi connectivity index (χ4n) is 3.35. The lowest BCUT2D eigenvalue weighted by Crippen LogP contribution is -2.54. The molecule has 1 aliphatic rings. The fourth-order valence-corrected chi connectivity index (χ4v) is 3.35. The maximum absolute atomic E-state index is 12.3. The molecular weight excluding hydrogens is 312 g/mol. The Bertz CT molecular complexity index is 652. The molecule has 25 heavy (non-hydrogen) atoms. The Labute approximate surface area is 149 Å². The number of aryl methyl sites for hydroxylation is 1. The van der Waals surface area contributed by atoms with Crippen molar-refractivity contribution in [3.05, 3.63) is 71.8 Å². The Hall–Kier alpha value is -2.33. The third-order valence-electron chi connectivity index (χ3n) is 4.88. The highest BCUT2D eigenvalue weighted by molar-refractivity contribution is 5.68. The predicted molar refractivity (Wildman–Crippen MR) is 99.4 cm³/mol. The Morgan fingerprint density at radius 2 is 1.56 bits per heavy atom. The molecule has 1 saturated heterocycles. The van der Waals surface area contributed by atoms with Crippen LogP contribution in [0.2, 0.25) is 0 Å². The quantitative estimate of drug-likeness (QED) is 0.845. The summed E-state index contributed by atoms with van der Waals surface area (Å²) in [4.78, 5) is 12.3. The summed E-state index contributed by atoms with van der Waals surface area (Å²) in [6.07, 6.45) is 3.43. The molecule has 132 valence electrons. The van der Waals surface area contributed by atoms with Crippen LogP contribution < -0.4 is 10.6 Å². The van der Waals surface area contributed by atoms with Crippen molar-refractivity contribution >= 4 is 6.09 Å². The minimum atomic E-state index is -0.321. The van der Waals surface area contributed by atoms with Gasteiger partial charge in [-0.05, 0) is 49.9 Å². The van der Waals surface area contributed by atoms with Crippen LogP contribution in [0.4, 0.5) is 4.79 Å². The molecule has 0 aromatic heterocycles. The molecule has 0 aliphatic carbocycles. The maximum atomic E-state index is 12.3. The van der Waals surface area contributed by atoms with E-state index in [2.05, 4.69) is 34.9 Å². The molecule has 2 aromatic carbocycles. The molecule has 0 saturated carbocycles. The zero-order valence-electron chi connectivity index (χ0n) is 14.5. The van der Waals surface area contributed by atoms with E-state index in [4.69, 9.17) is 4.74 Å². The minimum absolute atomic E-state index is 0.186. The van der Waals surface area contributed by atoms with Gasteiger partial charge >= 0.3 is 6.09 Å². The number of nitrogens with one attached hydrogen (secondary N) is 2. The summed E-state index contributed by atoms with van der Waals surface area (Å²) in [6.45, 7) is 2.15. The van der Waals surface area contributed by atoms with Gasteiger partial charge in [0.1, 0.15) is 6.61 Å². The molecule has 0 radical (unpaired) electrons. The van der Waals surface area contributed by atoms with Crippen LogP contribution in [0.5, 0.6) is 0 Å². The Morgan fingerprint density at radius 3 is 2.20 bits per heavy atom. The first-order chi connectivity index (χ1) is 12.3. The van der Waals surface area contributed by atoms with Crippen molar-refractivity contribution in [1.82, 2.24) is 10.6 Å². The third-order valence-corrected chi connectivity index (χ3v) is 4.88. The number of hydrogen-bond acceptors (Lipinski definition) is 3. The molecule has 2 aromatic rings. The second kappa shape index (κ2) is 8.67. The van der Waals surface area contributed by atoms with E-state index in [0.29, 0.717) is 6.61 Å².